The van der Waals surface area contributed by atoms with E-state index in [0.29, 0.717) is 16.9 Å². The van der Waals surface area contributed by atoms with E-state index >= 15 is 0 Å². The Kier molecular flexibility index (Phi) is 2.81. The van der Waals surface area contributed by atoms with E-state index in [4.69, 9.17) is 4.74 Å². The van der Waals surface area contributed by atoms with Crippen LogP contribution in [0.15, 0.2) is 11.8 Å². The van der Waals surface area contributed by atoms with Crippen LogP contribution < -0.4 is 0 Å². The van der Waals surface area contributed by atoms with E-state index in [2.05, 4.69) is 27.7 Å². The summed E-state index contributed by atoms with van der Waals surface area (Å²) in [5.74, 6) is 0.308. The van der Waals surface area contributed by atoms with Crippen molar-refractivity contribution in [1.82, 2.24) is 0 Å². The number of fused-ring (bicyclic) bond motifs is 3. The summed E-state index contributed by atoms with van der Waals surface area (Å²) in [6.45, 7) is 9.08. The minimum atomic E-state index is -0.426. The summed E-state index contributed by atoms with van der Waals surface area (Å²) < 4.78 is 5.67. The first-order valence-electron chi connectivity index (χ1n) is 7.82. The first kappa shape index (κ1) is 14.0. The molecule has 0 bridgehead atoms. The van der Waals surface area contributed by atoms with E-state index in [0.717, 1.165) is 25.5 Å². The van der Waals surface area contributed by atoms with Gasteiger partial charge in [0.2, 0.25) is 0 Å². The van der Waals surface area contributed by atoms with Crippen molar-refractivity contribution in [1.29, 1.82) is 0 Å². The maximum absolute atomic E-state index is 12.1. The Hall–Kier alpha value is -0.990. The molecule has 3 fully saturated rings. The Morgan fingerprint density at radius 3 is 2.55 bits per heavy atom. The maximum Gasteiger partial charge on any atom is 0.338 e. The Morgan fingerprint density at radius 2 is 1.90 bits per heavy atom. The van der Waals surface area contributed by atoms with Crippen molar-refractivity contribution in [2.24, 2.45) is 22.7 Å². The van der Waals surface area contributed by atoms with Gasteiger partial charge in [0.1, 0.15) is 5.60 Å². The summed E-state index contributed by atoms with van der Waals surface area (Å²) in [4.78, 5) is 12.1. The van der Waals surface area contributed by atoms with Gasteiger partial charge in [-0.15, -0.1) is 0 Å². The summed E-state index contributed by atoms with van der Waals surface area (Å²) in [6, 6.07) is 0. The van der Waals surface area contributed by atoms with Gasteiger partial charge in [-0.2, -0.15) is 0 Å². The van der Waals surface area contributed by atoms with Crippen LogP contribution in [0.1, 0.15) is 59.8 Å². The highest BCUT2D eigenvalue weighted by molar-refractivity contribution is 5.92. The zero-order chi connectivity index (χ0) is 14.8. The van der Waals surface area contributed by atoms with Gasteiger partial charge in [-0.3, -0.25) is 0 Å². The standard InChI is InChI=1S/C17H26O3/c1-15(2)7-5-8-16(3)12(15)6-9-17(4)13(16)11(10-18)14(19)20-17/h10,12-13,18H,5-9H2,1-4H3/b11-10+/t12-,13+,16-,17+/m0/s1. The van der Waals surface area contributed by atoms with E-state index in [1.165, 1.54) is 12.8 Å². The van der Waals surface area contributed by atoms with E-state index in [-0.39, 0.29) is 17.3 Å². The molecule has 0 aromatic rings. The van der Waals surface area contributed by atoms with Crippen LogP contribution in [0.4, 0.5) is 0 Å². The second kappa shape index (κ2) is 4.02. The number of aliphatic hydroxyl groups excluding tert-OH is 1. The third kappa shape index (κ3) is 1.61. The third-order valence-corrected chi connectivity index (χ3v) is 6.49. The highest BCUT2D eigenvalue weighted by Gasteiger charge is 2.64. The van der Waals surface area contributed by atoms with Crippen LogP contribution in [0, 0.1) is 22.7 Å². The van der Waals surface area contributed by atoms with Crippen molar-refractivity contribution in [3.8, 4) is 0 Å². The lowest BCUT2D eigenvalue weighted by molar-refractivity contribution is -0.164. The molecule has 0 unspecified atom stereocenters. The molecule has 3 heteroatoms. The van der Waals surface area contributed by atoms with Gasteiger partial charge in [-0.25, -0.2) is 4.79 Å². The topological polar surface area (TPSA) is 46.5 Å². The minimum absolute atomic E-state index is 0.0332. The number of hydrogen-bond donors (Lipinski definition) is 1. The number of esters is 1. The van der Waals surface area contributed by atoms with Gasteiger partial charge in [-0.1, -0.05) is 27.2 Å². The third-order valence-electron chi connectivity index (χ3n) is 6.49. The minimum Gasteiger partial charge on any atom is -0.515 e. The molecule has 1 aliphatic heterocycles. The fourth-order valence-electron chi connectivity index (χ4n) is 5.81. The predicted octanol–water partition coefficient (Wildman–Crippen LogP) is 3.99. The van der Waals surface area contributed by atoms with E-state index in [1.807, 2.05) is 0 Å². The van der Waals surface area contributed by atoms with Gasteiger partial charge in [-0.05, 0) is 49.4 Å². The molecule has 0 aromatic heterocycles. The van der Waals surface area contributed by atoms with E-state index in [9.17, 15) is 9.90 Å². The molecule has 3 rings (SSSR count). The number of hydrogen-bond acceptors (Lipinski definition) is 3. The van der Waals surface area contributed by atoms with Gasteiger partial charge in [0.05, 0.1) is 11.8 Å². The molecule has 3 nitrogen and oxygen atoms in total. The van der Waals surface area contributed by atoms with Crippen LogP contribution in [0.2, 0.25) is 0 Å². The fourth-order valence-corrected chi connectivity index (χ4v) is 5.81. The Morgan fingerprint density at radius 1 is 1.20 bits per heavy atom. The Balaban J connectivity index is 2.10. The molecule has 3 aliphatic rings. The van der Waals surface area contributed by atoms with Crippen LogP contribution in [-0.2, 0) is 9.53 Å². The Labute approximate surface area is 121 Å². The smallest absolute Gasteiger partial charge is 0.338 e. The predicted molar refractivity (Wildman–Crippen MR) is 77.2 cm³/mol. The lowest BCUT2D eigenvalue weighted by Gasteiger charge is -2.59. The summed E-state index contributed by atoms with van der Waals surface area (Å²) in [6.07, 6.45) is 6.60. The van der Waals surface area contributed by atoms with Crippen LogP contribution in [-0.4, -0.2) is 16.7 Å². The number of ether oxygens (including phenoxy) is 1. The number of rotatable bonds is 0. The molecule has 0 amide bonds. The zero-order valence-electron chi connectivity index (χ0n) is 13.0. The molecule has 20 heavy (non-hydrogen) atoms. The van der Waals surface area contributed by atoms with E-state index in [1.54, 1.807) is 0 Å². The normalized spacial score (nSPS) is 48.6. The molecule has 0 radical (unpaired) electrons. The maximum atomic E-state index is 12.1. The fraction of sp³-hybridized carbons (Fsp3) is 0.824. The number of aliphatic hydroxyl groups is 1. The second-order valence-electron chi connectivity index (χ2n) is 8.16. The highest BCUT2D eigenvalue weighted by atomic mass is 16.6. The van der Waals surface area contributed by atoms with Crippen LogP contribution in [0.25, 0.3) is 0 Å². The average molecular weight is 278 g/mol. The van der Waals surface area contributed by atoms with Crippen molar-refractivity contribution in [3.63, 3.8) is 0 Å². The molecule has 0 spiro atoms. The lowest BCUT2D eigenvalue weighted by Crippen LogP contribution is -2.56. The second-order valence-corrected chi connectivity index (χ2v) is 8.16. The molecule has 112 valence electrons. The first-order valence-corrected chi connectivity index (χ1v) is 7.82. The van der Waals surface area contributed by atoms with Crippen molar-refractivity contribution in [3.05, 3.63) is 11.8 Å². The molecule has 1 heterocycles. The summed E-state index contributed by atoms with van der Waals surface area (Å²) in [7, 11) is 0. The molecule has 2 aliphatic carbocycles. The summed E-state index contributed by atoms with van der Waals surface area (Å²) in [5.41, 5.74) is 0.428. The summed E-state index contributed by atoms with van der Waals surface area (Å²) in [5, 5.41) is 9.56. The van der Waals surface area contributed by atoms with Crippen molar-refractivity contribution in [2.75, 3.05) is 0 Å². The van der Waals surface area contributed by atoms with E-state index < -0.39 is 5.60 Å². The molecular weight excluding hydrogens is 252 g/mol. The molecule has 1 saturated heterocycles. The van der Waals surface area contributed by atoms with Crippen LogP contribution in [0.3, 0.4) is 0 Å². The molecular formula is C17H26O3. The SMILES string of the molecule is CC1(C)CCC[C@]2(C)[C@H]3/C(=C\O)C(=O)O[C@]3(C)CC[C@@H]12. The van der Waals surface area contributed by atoms with Crippen LogP contribution in [0.5, 0.6) is 0 Å². The van der Waals surface area contributed by atoms with Crippen molar-refractivity contribution < 1.29 is 14.6 Å². The molecule has 0 aromatic carbocycles. The van der Waals surface area contributed by atoms with Gasteiger partial charge < -0.3 is 9.84 Å². The molecule has 2 saturated carbocycles. The molecule has 1 N–H and O–H groups in total. The van der Waals surface area contributed by atoms with Gasteiger partial charge >= 0.3 is 5.97 Å². The highest BCUT2D eigenvalue weighted by Crippen LogP contribution is 2.65. The average Bonchev–Trinajstić information content (AvgIpc) is 2.59. The summed E-state index contributed by atoms with van der Waals surface area (Å²) >= 11 is 0. The molecule has 4 atom stereocenters. The quantitative estimate of drug-likeness (QED) is 0.414. The van der Waals surface area contributed by atoms with Crippen LogP contribution >= 0.6 is 0 Å². The monoisotopic (exact) mass is 278 g/mol. The number of carbonyl (C=O) groups excluding carboxylic acids is 1. The van der Waals surface area contributed by atoms with Crippen molar-refractivity contribution in [2.45, 2.75) is 65.4 Å². The zero-order valence-corrected chi connectivity index (χ0v) is 13.0. The van der Waals surface area contributed by atoms with Crippen molar-refractivity contribution >= 4 is 5.97 Å². The largest absolute Gasteiger partial charge is 0.515 e. The van der Waals surface area contributed by atoms with Gasteiger partial charge in [0.15, 0.2) is 0 Å². The first-order chi connectivity index (χ1) is 9.24. The lowest BCUT2D eigenvalue weighted by atomic mass is 9.45. The Bertz CT molecular complexity index is 479. The van der Waals surface area contributed by atoms with Gasteiger partial charge in [0.25, 0.3) is 0 Å². The van der Waals surface area contributed by atoms with Gasteiger partial charge in [0, 0.05) is 5.92 Å². The number of carbonyl (C=O) groups is 1.